The molecule has 1 unspecified atom stereocenters. The van der Waals surface area contributed by atoms with Crippen molar-refractivity contribution in [1.82, 2.24) is 0 Å². The van der Waals surface area contributed by atoms with E-state index in [1.807, 2.05) is 0 Å². The molecule has 2 aromatic rings. The van der Waals surface area contributed by atoms with Crippen molar-refractivity contribution in [2.24, 2.45) is 0 Å². The smallest absolute Gasteiger partial charge is 0.165 e. The second-order valence-electron chi connectivity index (χ2n) is 4.36. The van der Waals surface area contributed by atoms with Gasteiger partial charge in [0.15, 0.2) is 11.6 Å². The highest BCUT2D eigenvalue weighted by molar-refractivity contribution is 6.42. The molecule has 2 rings (SSSR count). The molecule has 2 nitrogen and oxygen atoms in total. The summed E-state index contributed by atoms with van der Waals surface area (Å²) in [6.45, 7) is 0. The van der Waals surface area contributed by atoms with Gasteiger partial charge in [0.1, 0.15) is 0 Å². The van der Waals surface area contributed by atoms with Crippen LogP contribution in [-0.2, 0) is 6.42 Å². The molecule has 0 aliphatic carbocycles. The van der Waals surface area contributed by atoms with E-state index in [4.69, 9.17) is 27.9 Å². The van der Waals surface area contributed by atoms with Crippen molar-refractivity contribution < 1.29 is 14.2 Å². The lowest BCUT2D eigenvalue weighted by Crippen LogP contribution is -2.02. The molecule has 5 heteroatoms. The van der Waals surface area contributed by atoms with E-state index in [-0.39, 0.29) is 12.2 Å². The minimum absolute atomic E-state index is 0.178. The molecule has 0 saturated carbocycles. The first-order valence-electron chi connectivity index (χ1n) is 5.96. The lowest BCUT2D eigenvalue weighted by Gasteiger charge is -2.12. The number of halogens is 3. The number of methoxy groups -OCH3 is 1. The molecule has 0 aromatic heterocycles. The summed E-state index contributed by atoms with van der Waals surface area (Å²) in [6, 6.07) is 9.51. The first kappa shape index (κ1) is 15.1. The molecule has 1 atom stereocenters. The van der Waals surface area contributed by atoms with Crippen LogP contribution < -0.4 is 4.74 Å². The van der Waals surface area contributed by atoms with Crippen LogP contribution in [0, 0.1) is 5.82 Å². The fraction of sp³-hybridized carbons (Fsp3) is 0.200. The molecule has 0 bridgehead atoms. The lowest BCUT2D eigenvalue weighted by molar-refractivity contribution is 0.178. The standard InChI is InChI=1S/C15H13Cl2FO2/c1-20-15-5-2-9(6-13(15)18)7-14(19)10-3-4-11(16)12(17)8-10/h2-6,8,14,19H,7H2,1H3. The molecule has 2 aromatic carbocycles. The monoisotopic (exact) mass is 314 g/mol. The number of hydrogen-bond acceptors (Lipinski definition) is 2. The summed E-state index contributed by atoms with van der Waals surface area (Å²) in [4.78, 5) is 0. The summed E-state index contributed by atoms with van der Waals surface area (Å²) >= 11 is 11.7. The molecule has 0 fully saturated rings. The summed E-state index contributed by atoms with van der Waals surface area (Å²) in [6.07, 6.45) is -0.503. The maximum Gasteiger partial charge on any atom is 0.165 e. The van der Waals surface area contributed by atoms with E-state index in [0.717, 1.165) is 0 Å². The van der Waals surface area contributed by atoms with Crippen molar-refractivity contribution in [3.05, 3.63) is 63.4 Å². The van der Waals surface area contributed by atoms with E-state index in [0.29, 0.717) is 21.2 Å². The van der Waals surface area contributed by atoms with Gasteiger partial charge < -0.3 is 9.84 Å². The zero-order chi connectivity index (χ0) is 14.7. The van der Waals surface area contributed by atoms with Crippen molar-refractivity contribution in [2.45, 2.75) is 12.5 Å². The Kier molecular flexibility index (Phi) is 4.86. The number of aliphatic hydroxyl groups excluding tert-OH is 1. The van der Waals surface area contributed by atoms with Crippen LogP contribution in [0.1, 0.15) is 17.2 Å². The third-order valence-corrected chi connectivity index (χ3v) is 3.71. The van der Waals surface area contributed by atoms with Gasteiger partial charge in [0, 0.05) is 6.42 Å². The maximum absolute atomic E-state index is 13.6. The Bertz CT molecular complexity index is 617. The molecule has 106 valence electrons. The molecule has 1 N–H and O–H groups in total. The fourth-order valence-corrected chi connectivity index (χ4v) is 2.20. The first-order valence-corrected chi connectivity index (χ1v) is 6.72. The largest absolute Gasteiger partial charge is 0.494 e. The van der Waals surface area contributed by atoms with Crippen LogP contribution in [0.15, 0.2) is 36.4 Å². The van der Waals surface area contributed by atoms with Gasteiger partial charge >= 0.3 is 0 Å². The van der Waals surface area contributed by atoms with Crippen LogP contribution in [0.25, 0.3) is 0 Å². The quantitative estimate of drug-likeness (QED) is 0.905. The van der Waals surface area contributed by atoms with Gasteiger partial charge in [-0.2, -0.15) is 0 Å². The topological polar surface area (TPSA) is 29.5 Å². The zero-order valence-electron chi connectivity index (χ0n) is 10.7. The van der Waals surface area contributed by atoms with Gasteiger partial charge in [-0.25, -0.2) is 4.39 Å². The van der Waals surface area contributed by atoms with Gasteiger partial charge in [0.25, 0.3) is 0 Å². The number of aliphatic hydroxyl groups is 1. The molecule has 0 heterocycles. The first-order chi connectivity index (χ1) is 9.51. The Hall–Kier alpha value is -1.29. The molecule has 0 saturated heterocycles. The molecule has 0 aliphatic heterocycles. The van der Waals surface area contributed by atoms with Crippen LogP contribution in [-0.4, -0.2) is 12.2 Å². The Morgan fingerprint density at radius 3 is 2.50 bits per heavy atom. The van der Waals surface area contributed by atoms with E-state index >= 15 is 0 Å². The van der Waals surface area contributed by atoms with Gasteiger partial charge in [-0.1, -0.05) is 35.3 Å². The Morgan fingerprint density at radius 2 is 1.90 bits per heavy atom. The Labute approximate surface area is 126 Å². The molecule has 20 heavy (non-hydrogen) atoms. The van der Waals surface area contributed by atoms with E-state index < -0.39 is 11.9 Å². The predicted octanol–water partition coefficient (Wildman–Crippen LogP) is 4.42. The SMILES string of the molecule is COc1ccc(CC(O)c2ccc(Cl)c(Cl)c2)cc1F. The molecular weight excluding hydrogens is 302 g/mol. The second kappa shape index (κ2) is 6.44. The van der Waals surface area contributed by atoms with E-state index in [2.05, 4.69) is 0 Å². The third kappa shape index (κ3) is 3.42. The average Bonchev–Trinajstić information content (AvgIpc) is 2.42. The second-order valence-corrected chi connectivity index (χ2v) is 5.18. The highest BCUT2D eigenvalue weighted by atomic mass is 35.5. The average molecular weight is 315 g/mol. The predicted molar refractivity (Wildman–Crippen MR) is 78.1 cm³/mol. The van der Waals surface area contributed by atoms with Crippen LogP contribution >= 0.6 is 23.2 Å². The van der Waals surface area contributed by atoms with Crippen molar-refractivity contribution >= 4 is 23.2 Å². The maximum atomic E-state index is 13.6. The number of hydrogen-bond donors (Lipinski definition) is 1. The zero-order valence-corrected chi connectivity index (χ0v) is 12.2. The van der Waals surface area contributed by atoms with Crippen molar-refractivity contribution in [2.75, 3.05) is 7.11 Å². The van der Waals surface area contributed by atoms with Crippen LogP contribution in [0.3, 0.4) is 0 Å². The van der Waals surface area contributed by atoms with Gasteiger partial charge in [-0.05, 0) is 35.4 Å². The summed E-state index contributed by atoms with van der Waals surface area (Å²) in [5.74, 6) is -0.274. The summed E-state index contributed by atoms with van der Waals surface area (Å²) in [5, 5.41) is 11.0. The third-order valence-electron chi connectivity index (χ3n) is 2.97. The molecule has 0 radical (unpaired) electrons. The van der Waals surface area contributed by atoms with E-state index in [9.17, 15) is 9.50 Å². The van der Waals surface area contributed by atoms with Crippen molar-refractivity contribution in [3.8, 4) is 5.75 Å². The lowest BCUT2D eigenvalue weighted by atomic mass is 10.0. The van der Waals surface area contributed by atoms with Gasteiger partial charge in [-0.15, -0.1) is 0 Å². The highest BCUT2D eigenvalue weighted by Crippen LogP contribution is 2.28. The summed E-state index contributed by atoms with van der Waals surface area (Å²) in [5.41, 5.74) is 1.30. The number of benzene rings is 2. The summed E-state index contributed by atoms with van der Waals surface area (Å²) < 4.78 is 18.4. The fourth-order valence-electron chi connectivity index (χ4n) is 1.90. The minimum Gasteiger partial charge on any atom is -0.494 e. The highest BCUT2D eigenvalue weighted by Gasteiger charge is 2.12. The number of rotatable bonds is 4. The van der Waals surface area contributed by atoms with Gasteiger partial charge in [-0.3, -0.25) is 0 Å². The normalized spacial score (nSPS) is 12.2. The summed E-state index contributed by atoms with van der Waals surface area (Å²) in [7, 11) is 1.41. The molecule has 0 amide bonds. The van der Waals surface area contributed by atoms with Gasteiger partial charge in [0.05, 0.1) is 23.3 Å². The molecular formula is C15H13Cl2FO2. The van der Waals surface area contributed by atoms with Gasteiger partial charge in [0.2, 0.25) is 0 Å². The van der Waals surface area contributed by atoms with E-state index in [1.54, 1.807) is 24.3 Å². The Morgan fingerprint density at radius 1 is 1.15 bits per heavy atom. The van der Waals surface area contributed by atoms with Crippen LogP contribution in [0.4, 0.5) is 4.39 Å². The van der Waals surface area contributed by atoms with E-state index in [1.165, 1.54) is 19.2 Å². The minimum atomic E-state index is -0.780. The number of ether oxygens (including phenoxy) is 1. The van der Waals surface area contributed by atoms with Crippen molar-refractivity contribution in [1.29, 1.82) is 0 Å². The van der Waals surface area contributed by atoms with Crippen LogP contribution in [0.2, 0.25) is 10.0 Å². The van der Waals surface area contributed by atoms with Crippen LogP contribution in [0.5, 0.6) is 5.75 Å². The van der Waals surface area contributed by atoms with Crippen molar-refractivity contribution in [3.63, 3.8) is 0 Å². The Balaban J connectivity index is 2.16. The molecule has 0 spiro atoms. The molecule has 0 aliphatic rings.